The van der Waals surface area contributed by atoms with E-state index >= 15 is 0 Å². The van der Waals surface area contributed by atoms with E-state index in [2.05, 4.69) is 22.3 Å². The van der Waals surface area contributed by atoms with Crippen LogP contribution in [-0.2, 0) is 4.79 Å². The fourth-order valence-electron chi connectivity index (χ4n) is 2.74. The van der Waals surface area contributed by atoms with Gasteiger partial charge in [-0.2, -0.15) is 0 Å². The summed E-state index contributed by atoms with van der Waals surface area (Å²) in [5.41, 5.74) is 7.60. The molecule has 0 aromatic heterocycles. The molecule has 1 aliphatic rings. The van der Waals surface area contributed by atoms with Gasteiger partial charge in [-0.1, -0.05) is 12.8 Å². The molecule has 1 heterocycles. The van der Waals surface area contributed by atoms with E-state index < -0.39 is 0 Å². The SMILES string of the molecule is NCCCCCCC(=O)Nc1ccc(N2CCCC2)cc1. The summed E-state index contributed by atoms with van der Waals surface area (Å²) in [4.78, 5) is 14.2. The van der Waals surface area contributed by atoms with Gasteiger partial charge in [0.05, 0.1) is 0 Å². The molecule has 1 aliphatic heterocycles. The summed E-state index contributed by atoms with van der Waals surface area (Å²) in [7, 11) is 0. The second kappa shape index (κ2) is 8.67. The van der Waals surface area contributed by atoms with Gasteiger partial charge in [-0.15, -0.1) is 0 Å². The Hall–Kier alpha value is -1.55. The Morgan fingerprint density at radius 1 is 1.05 bits per heavy atom. The van der Waals surface area contributed by atoms with E-state index in [9.17, 15) is 4.79 Å². The Labute approximate surface area is 127 Å². The Kier molecular flexibility index (Phi) is 6.54. The van der Waals surface area contributed by atoms with Crippen LogP contribution in [0.3, 0.4) is 0 Å². The lowest BCUT2D eigenvalue weighted by Crippen LogP contribution is -2.17. The van der Waals surface area contributed by atoms with E-state index in [1.807, 2.05) is 12.1 Å². The molecular weight excluding hydrogens is 262 g/mol. The average Bonchev–Trinajstić information content (AvgIpc) is 3.02. The third-order valence-corrected chi connectivity index (χ3v) is 3.98. The number of nitrogens with zero attached hydrogens (tertiary/aromatic N) is 1. The maximum atomic E-state index is 11.8. The summed E-state index contributed by atoms with van der Waals surface area (Å²) in [5, 5.41) is 2.97. The molecule has 1 aromatic carbocycles. The molecule has 3 N–H and O–H groups in total. The number of unbranched alkanes of at least 4 members (excludes halogenated alkanes) is 3. The number of hydrogen-bond acceptors (Lipinski definition) is 3. The number of benzene rings is 1. The van der Waals surface area contributed by atoms with Crippen LogP contribution in [0.25, 0.3) is 0 Å². The van der Waals surface area contributed by atoms with Crippen molar-refractivity contribution in [2.45, 2.75) is 44.9 Å². The second-order valence-corrected chi connectivity index (χ2v) is 5.74. The molecule has 116 valence electrons. The van der Waals surface area contributed by atoms with E-state index in [-0.39, 0.29) is 5.91 Å². The molecule has 4 heteroatoms. The molecule has 21 heavy (non-hydrogen) atoms. The van der Waals surface area contributed by atoms with Crippen LogP contribution in [0.4, 0.5) is 11.4 Å². The Bertz CT molecular complexity index is 424. The first-order valence-corrected chi connectivity index (χ1v) is 8.14. The zero-order valence-corrected chi connectivity index (χ0v) is 12.8. The summed E-state index contributed by atoms with van der Waals surface area (Å²) < 4.78 is 0. The second-order valence-electron chi connectivity index (χ2n) is 5.74. The third kappa shape index (κ3) is 5.38. The Balaban J connectivity index is 1.71. The molecule has 4 nitrogen and oxygen atoms in total. The van der Waals surface area contributed by atoms with Crippen molar-refractivity contribution in [1.82, 2.24) is 0 Å². The van der Waals surface area contributed by atoms with Gasteiger partial charge in [0.2, 0.25) is 5.91 Å². The van der Waals surface area contributed by atoms with Crippen LogP contribution in [0.5, 0.6) is 0 Å². The van der Waals surface area contributed by atoms with Crippen LogP contribution in [0.1, 0.15) is 44.9 Å². The fraction of sp³-hybridized carbons (Fsp3) is 0.588. The normalized spacial score (nSPS) is 14.4. The number of carbonyl (C=O) groups is 1. The zero-order valence-electron chi connectivity index (χ0n) is 12.8. The summed E-state index contributed by atoms with van der Waals surface area (Å²) in [5.74, 6) is 0.108. The molecule has 0 saturated carbocycles. The lowest BCUT2D eigenvalue weighted by atomic mass is 10.1. The van der Waals surface area contributed by atoms with Crippen molar-refractivity contribution in [3.63, 3.8) is 0 Å². The Morgan fingerprint density at radius 2 is 1.71 bits per heavy atom. The fourth-order valence-corrected chi connectivity index (χ4v) is 2.74. The van der Waals surface area contributed by atoms with Gasteiger partial charge in [0.1, 0.15) is 0 Å². The summed E-state index contributed by atoms with van der Waals surface area (Å²) >= 11 is 0. The highest BCUT2D eigenvalue weighted by atomic mass is 16.1. The predicted octanol–water partition coefficient (Wildman–Crippen LogP) is 3.13. The van der Waals surface area contributed by atoms with E-state index in [0.29, 0.717) is 6.42 Å². The smallest absolute Gasteiger partial charge is 0.224 e. The van der Waals surface area contributed by atoms with E-state index in [4.69, 9.17) is 5.73 Å². The first-order chi connectivity index (χ1) is 10.3. The molecule has 0 spiro atoms. The number of nitrogens with two attached hydrogens (primary N) is 1. The van der Waals surface area contributed by atoms with Gasteiger partial charge in [0.15, 0.2) is 0 Å². The van der Waals surface area contributed by atoms with Gasteiger partial charge < -0.3 is 16.0 Å². The standard InChI is InChI=1S/C17H27N3O/c18-12-4-2-1-3-7-17(21)19-15-8-10-16(11-9-15)20-13-5-6-14-20/h8-11H,1-7,12-14,18H2,(H,19,21). The molecule has 1 saturated heterocycles. The third-order valence-electron chi connectivity index (χ3n) is 3.98. The van der Waals surface area contributed by atoms with Gasteiger partial charge in [-0.05, 0) is 56.5 Å². The summed E-state index contributed by atoms with van der Waals surface area (Å²) in [6.07, 6.45) is 7.36. The van der Waals surface area contributed by atoms with Gasteiger partial charge in [0, 0.05) is 30.9 Å². The molecule has 0 radical (unpaired) electrons. The van der Waals surface area contributed by atoms with Crippen LogP contribution >= 0.6 is 0 Å². The van der Waals surface area contributed by atoms with Gasteiger partial charge in [0.25, 0.3) is 0 Å². The minimum Gasteiger partial charge on any atom is -0.372 e. The van der Waals surface area contributed by atoms with Crippen LogP contribution in [0.15, 0.2) is 24.3 Å². The highest BCUT2D eigenvalue weighted by Crippen LogP contribution is 2.22. The first kappa shape index (κ1) is 15.8. The number of carbonyl (C=O) groups excluding carboxylic acids is 1. The van der Waals surface area contributed by atoms with Gasteiger partial charge >= 0.3 is 0 Å². The van der Waals surface area contributed by atoms with E-state index in [1.54, 1.807) is 0 Å². The zero-order chi connectivity index (χ0) is 14.9. The van der Waals surface area contributed by atoms with E-state index in [1.165, 1.54) is 18.5 Å². The molecule has 1 amide bonds. The van der Waals surface area contributed by atoms with Crippen molar-refractivity contribution in [2.24, 2.45) is 5.73 Å². The van der Waals surface area contributed by atoms with Crippen molar-refractivity contribution in [1.29, 1.82) is 0 Å². The highest BCUT2D eigenvalue weighted by Gasteiger charge is 2.12. The van der Waals surface area contributed by atoms with Crippen molar-refractivity contribution in [2.75, 3.05) is 29.9 Å². The quantitative estimate of drug-likeness (QED) is 0.723. The molecule has 1 fully saturated rings. The van der Waals surface area contributed by atoms with Crippen LogP contribution in [-0.4, -0.2) is 25.5 Å². The minimum absolute atomic E-state index is 0.108. The van der Waals surface area contributed by atoms with Crippen molar-refractivity contribution < 1.29 is 4.79 Å². The molecule has 0 aliphatic carbocycles. The number of anilines is 2. The maximum Gasteiger partial charge on any atom is 0.224 e. The van der Waals surface area contributed by atoms with Crippen LogP contribution < -0.4 is 16.0 Å². The first-order valence-electron chi connectivity index (χ1n) is 8.14. The maximum absolute atomic E-state index is 11.8. The lowest BCUT2D eigenvalue weighted by Gasteiger charge is -2.17. The number of hydrogen-bond donors (Lipinski definition) is 2. The molecule has 0 unspecified atom stereocenters. The topological polar surface area (TPSA) is 58.4 Å². The molecule has 2 rings (SSSR count). The average molecular weight is 289 g/mol. The largest absolute Gasteiger partial charge is 0.372 e. The molecule has 0 bridgehead atoms. The molecular formula is C17H27N3O. The van der Waals surface area contributed by atoms with E-state index in [0.717, 1.165) is 51.0 Å². The number of rotatable bonds is 8. The van der Waals surface area contributed by atoms with Crippen LogP contribution in [0.2, 0.25) is 0 Å². The molecule has 1 aromatic rings. The minimum atomic E-state index is 0.108. The predicted molar refractivity (Wildman–Crippen MR) is 88.7 cm³/mol. The summed E-state index contributed by atoms with van der Waals surface area (Å²) in [6.45, 7) is 3.04. The van der Waals surface area contributed by atoms with Crippen LogP contribution in [0, 0.1) is 0 Å². The lowest BCUT2D eigenvalue weighted by molar-refractivity contribution is -0.116. The van der Waals surface area contributed by atoms with Gasteiger partial charge in [-0.3, -0.25) is 4.79 Å². The number of nitrogens with one attached hydrogen (secondary N) is 1. The Morgan fingerprint density at radius 3 is 2.38 bits per heavy atom. The van der Waals surface area contributed by atoms with Crippen molar-refractivity contribution in [3.8, 4) is 0 Å². The highest BCUT2D eigenvalue weighted by molar-refractivity contribution is 5.90. The van der Waals surface area contributed by atoms with Gasteiger partial charge in [-0.25, -0.2) is 0 Å². The summed E-state index contributed by atoms with van der Waals surface area (Å²) in [6, 6.07) is 8.20. The number of amides is 1. The van der Waals surface area contributed by atoms with Crippen molar-refractivity contribution in [3.05, 3.63) is 24.3 Å². The van der Waals surface area contributed by atoms with Crippen molar-refractivity contribution >= 4 is 17.3 Å². The molecule has 0 atom stereocenters. The monoisotopic (exact) mass is 289 g/mol.